The van der Waals surface area contributed by atoms with E-state index >= 15 is 0 Å². The largest absolute Gasteiger partial charge is 0.503 e. The van der Waals surface area contributed by atoms with Gasteiger partial charge in [-0.25, -0.2) is 13.5 Å². The quantitative estimate of drug-likeness (QED) is 0.422. The summed E-state index contributed by atoms with van der Waals surface area (Å²) in [7, 11) is 0. The zero-order valence-electron chi connectivity index (χ0n) is 18.1. The van der Waals surface area contributed by atoms with Gasteiger partial charge in [0.15, 0.2) is 17.4 Å². The minimum atomic E-state index is -1.77. The third kappa shape index (κ3) is 4.11. The lowest BCUT2D eigenvalue weighted by atomic mass is 9.86. The molecule has 0 radical (unpaired) electrons. The van der Waals surface area contributed by atoms with Crippen LogP contribution in [-0.2, 0) is 0 Å². The van der Waals surface area contributed by atoms with E-state index in [9.17, 15) is 18.0 Å². The first-order valence-electron chi connectivity index (χ1n) is 11.0. The molecule has 1 amide bonds. The third-order valence-corrected chi connectivity index (χ3v) is 6.40. The number of phenols is 1. The Bertz CT molecular complexity index is 1340. The molecule has 2 aromatic heterocycles. The van der Waals surface area contributed by atoms with E-state index in [4.69, 9.17) is 10.2 Å². The number of carbonyl (C=O) groups excluding carboxylic acids is 1. The lowest BCUT2D eigenvalue weighted by Gasteiger charge is -2.28. The van der Waals surface area contributed by atoms with Crippen LogP contribution < -0.4 is 5.32 Å². The predicted octanol–water partition coefficient (Wildman–Crippen LogP) is 4.51. The standard InChI is InChI=1S/C24H22F3N5O2/c25-19-11-18(21(26)22(27)23(19)33)24(34)28-12-14-2-5-16(6-3-14)32-13-15-4-7-17(10-20(15)30-32)31-9-1-8-29-31/h1,4,7-11,13-14,16,33H,2-3,5-6,12H2,(H,28,34). The molecule has 1 aliphatic rings. The summed E-state index contributed by atoms with van der Waals surface area (Å²) in [5.41, 5.74) is 1.06. The monoisotopic (exact) mass is 469 g/mol. The number of nitrogens with zero attached hydrogens (tertiary/aromatic N) is 4. The average molecular weight is 469 g/mol. The fourth-order valence-electron chi connectivity index (χ4n) is 4.47. The molecule has 0 saturated heterocycles. The number of hydrogen-bond donors (Lipinski definition) is 2. The molecular weight excluding hydrogens is 447 g/mol. The molecule has 0 unspecified atom stereocenters. The van der Waals surface area contributed by atoms with Crippen molar-refractivity contribution in [2.45, 2.75) is 31.7 Å². The van der Waals surface area contributed by atoms with Crippen LogP contribution in [0.15, 0.2) is 48.9 Å². The van der Waals surface area contributed by atoms with Gasteiger partial charge in [0, 0.05) is 30.5 Å². The van der Waals surface area contributed by atoms with E-state index in [1.54, 1.807) is 10.9 Å². The molecule has 176 valence electrons. The van der Waals surface area contributed by atoms with Crippen molar-refractivity contribution in [1.82, 2.24) is 24.9 Å². The van der Waals surface area contributed by atoms with Gasteiger partial charge in [0.25, 0.3) is 5.91 Å². The van der Waals surface area contributed by atoms with E-state index in [1.807, 2.05) is 41.3 Å². The van der Waals surface area contributed by atoms with Crippen molar-refractivity contribution < 1.29 is 23.1 Å². The van der Waals surface area contributed by atoms with Crippen molar-refractivity contribution in [2.75, 3.05) is 6.54 Å². The number of phenolic OH excluding ortho intramolecular Hbond substituents is 1. The van der Waals surface area contributed by atoms with Gasteiger partial charge in [-0.3, -0.25) is 9.48 Å². The van der Waals surface area contributed by atoms with E-state index in [1.165, 1.54) is 0 Å². The summed E-state index contributed by atoms with van der Waals surface area (Å²) >= 11 is 0. The Hall–Kier alpha value is -3.82. The van der Waals surface area contributed by atoms with Crippen molar-refractivity contribution in [1.29, 1.82) is 0 Å². The highest BCUT2D eigenvalue weighted by molar-refractivity contribution is 5.94. The number of hydrogen-bond acceptors (Lipinski definition) is 4. The average Bonchev–Trinajstić information content (AvgIpc) is 3.53. The van der Waals surface area contributed by atoms with Gasteiger partial charge in [0.1, 0.15) is 0 Å². The second kappa shape index (κ2) is 8.85. The molecule has 1 fully saturated rings. The molecule has 2 heterocycles. The van der Waals surface area contributed by atoms with Crippen LogP contribution >= 0.6 is 0 Å². The molecule has 34 heavy (non-hydrogen) atoms. The van der Waals surface area contributed by atoms with Crippen molar-refractivity contribution in [3.05, 3.63) is 71.9 Å². The highest BCUT2D eigenvalue weighted by atomic mass is 19.2. The van der Waals surface area contributed by atoms with Gasteiger partial charge in [-0.2, -0.15) is 14.6 Å². The van der Waals surface area contributed by atoms with E-state index in [0.717, 1.165) is 42.3 Å². The maximum atomic E-state index is 13.9. The molecule has 0 atom stereocenters. The smallest absolute Gasteiger partial charge is 0.254 e. The maximum absolute atomic E-state index is 13.9. The summed E-state index contributed by atoms with van der Waals surface area (Å²) in [4.78, 5) is 12.2. The first-order chi connectivity index (χ1) is 16.4. The zero-order chi connectivity index (χ0) is 23.8. The summed E-state index contributed by atoms with van der Waals surface area (Å²) in [5.74, 6) is -6.91. The van der Waals surface area contributed by atoms with Crippen LogP contribution in [-0.4, -0.2) is 37.1 Å². The molecule has 1 saturated carbocycles. The minimum absolute atomic E-state index is 0.159. The van der Waals surface area contributed by atoms with Crippen molar-refractivity contribution >= 4 is 16.8 Å². The van der Waals surface area contributed by atoms with E-state index in [0.29, 0.717) is 6.07 Å². The third-order valence-electron chi connectivity index (χ3n) is 6.40. The lowest BCUT2D eigenvalue weighted by molar-refractivity contribution is 0.0935. The highest BCUT2D eigenvalue weighted by Gasteiger charge is 2.26. The predicted molar refractivity (Wildman–Crippen MR) is 118 cm³/mol. The van der Waals surface area contributed by atoms with E-state index in [-0.39, 0.29) is 18.5 Å². The van der Waals surface area contributed by atoms with Gasteiger partial charge in [-0.05, 0) is 61.9 Å². The lowest BCUT2D eigenvalue weighted by Crippen LogP contribution is -2.32. The van der Waals surface area contributed by atoms with Gasteiger partial charge < -0.3 is 10.4 Å². The Morgan fingerprint density at radius 1 is 1.12 bits per heavy atom. The van der Waals surface area contributed by atoms with Gasteiger partial charge in [0.05, 0.1) is 22.8 Å². The first kappa shape index (κ1) is 22.0. The number of amides is 1. The number of fused-ring (bicyclic) bond motifs is 1. The molecule has 0 aliphatic heterocycles. The summed E-state index contributed by atoms with van der Waals surface area (Å²) in [5, 5.41) is 21.7. The van der Waals surface area contributed by atoms with Crippen LogP contribution in [0.5, 0.6) is 5.75 Å². The van der Waals surface area contributed by atoms with Crippen molar-refractivity contribution in [2.24, 2.45) is 5.92 Å². The molecule has 7 nitrogen and oxygen atoms in total. The van der Waals surface area contributed by atoms with Crippen LogP contribution in [0.1, 0.15) is 42.1 Å². The van der Waals surface area contributed by atoms with Crippen LogP contribution in [0.4, 0.5) is 13.2 Å². The molecule has 4 aromatic rings. The molecular formula is C24H22F3N5O2. The van der Waals surface area contributed by atoms with Crippen LogP contribution in [0.3, 0.4) is 0 Å². The summed E-state index contributed by atoms with van der Waals surface area (Å²) in [6.45, 7) is 0.267. The Labute approximate surface area is 192 Å². The summed E-state index contributed by atoms with van der Waals surface area (Å²) < 4.78 is 44.7. The normalized spacial score (nSPS) is 18.3. The zero-order valence-corrected chi connectivity index (χ0v) is 18.1. The number of aromatic hydroxyl groups is 1. The fraction of sp³-hybridized carbons (Fsp3) is 0.292. The Morgan fingerprint density at radius 3 is 2.65 bits per heavy atom. The fourth-order valence-corrected chi connectivity index (χ4v) is 4.47. The van der Waals surface area contributed by atoms with Crippen LogP contribution in [0.25, 0.3) is 16.6 Å². The Morgan fingerprint density at radius 2 is 1.91 bits per heavy atom. The number of halogens is 3. The number of nitrogens with one attached hydrogen (secondary N) is 1. The first-order valence-corrected chi connectivity index (χ1v) is 11.0. The Balaban J connectivity index is 1.19. The van der Waals surface area contributed by atoms with Gasteiger partial charge in [-0.1, -0.05) is 0 Å². The molecule has 10 heteroatoms. The van der Waals surface area contributed by atoms with Crippen LogP contribution in [0.2, 0.25) is 0 Å². The Kier molecular flexibility index (Phi) is 5.72. The summed E-state index contributed by atoms with van der Waals surface area (Å²) in [6, 6.07) is 8.60. The summed E-state index contributed by atoms with van der Waals surface area (Å²) in [6.07, 6.45) is 8.99. The molecule has 2 N–H and O–H groups in total. The topological polar surface area (TPSA) is 85.0 Å². The van der Waals surface area contributed by atoms with Crippen molar-refractivity contribution in [3.8, 4) is 11.4 Å². The minimum Gasteiger partial charge on any atom is -0.503 e. The van der Waals surface area contributed by atoms with Gasteiger partial charge in [-0.15, -0.1) is 0 Å². The van der Waals surface area contributed by atoms with E-state index < -0.39 is 34.7 Å². The van der Waals surface area contributed by atoms with Crippen molar-refractivity contribution in [3.63, 3.8) is 0 Å². The van der Waals surface area contributed by atoms with Crippen LogP contribution in [0, 0.1) is 23.4 Å². The number of benzene rings is 2. The molecule has 2 aromatic carbocycles. The molecule has 1 aliphatic carbocycles. The molecule has 0 bridgehead atoms. The van der Waals surface area contributed by atoms with E-state index in [2.05, 4.69) is 10.4 Å². The SMILES string of the molecule is O=C(NCC1CCC(n2cc3ccc(-n4cccn4)cc3n2)CC1)c1cc(F)c(O)c(F)c1F. The molecule has 5 rings (SSSR count). The number of rotatable bonds is 5. The van der Waals surface area contributed by atoms with Gasteiger partial charge >= 0.3 is 0 Å². The second-order valence-corrected chi connectivity index (χ2v) is 8.57. The number of aromatic nitrogens is 4. The number of carbonyl (C=O) groups is 1. The second-order valence-electron chi connectivity index (χ2n) is 8.57. The van der Waals surface area contributed by atoms with Gasteiger partial charge in [0.2, 0.25) is 5.82 Å². The highest BCUT2D eigenvalue weighted by Crippen LogP contribution is 2.33. The maximum Gasteiger partial charge on any atom is 0.254 e. The molecule has 0 spiro atoms.